The van der Waals surface area contributed by atoms with Crippen LogP contribution in [0.4, 0.5) is 10.1 Å². The molecule has 3 aromatic rings. The van der Waals surface area contributed by atoms with E-state index in [1.165, 1.54) is 12.4 Å². The molecule has 5 rings (SSSR count). The third-order valence-electron chi connectivity index (χ3n) is 6.44. The number of carbonyl (C=O) groups excluding carboxylic acids is 1. The van der Waals surface area contributed by atoms with Gasteiger partial charge in [0.05, 0.1) is 24.0 Å². The Hall–Kier alpha value is -4.12. The molecule has 186 valence electrons. The summed E-state index contributed by atoms with van der Waals surface area (Å²) in [6.07, 6.45) is 7.95. The molecule has 3 heterocycles. The van der Waals surface area contributed by atoms with Crippen molar-refractivity contribution in [2.45, 2.75) is 18.9 Å². The smallest absolute Gasteiger partial charge is 0.341 e. The number of carboxylic acids is 1. The lowest BCUT2D eigenvalue weighted by Crippen LogP contribution is -2.49. The van der Waals surface area contributed by atoms with Crippen LogP contribution < -0.4 is 15.8 Å². The highest BCUT2D eigenvalue weighted by molar-refractivity contribution is 5.93. The number of carboxylic acid groups (broad SMARTS) is 1. The summed E-state index contributed by atoms with van der Waals surface area (Å²) < 4.78 is 16.9. The van der Waals surface area contributed by atoms with Gasteiger partial charge in [-0.15, -0.1) is 0 Å². The van der Waals surface area contributed by atoms with Gasteiger partial charge in [-0.2, -0.15) is 5.10 Å². The van der Waals surface area contributed by atoms with E-state index in [9.17, 15) is 19.5 Å². The maximum atomic E-state index is 15.1. The summed E-state index contributed by atoms with van der Waals surface area (Å²) in [5, 5.41) is 13.4. The number of hydrogen-bond donors (Lipinski definition) is 2. The molecule has 2 aliphatic rings. The molecule has 1 aliphatic carbocycles. The van der Waals surface area contributed by atoms with E-state index >= 15 is 4.39 Å². The molecule has 2 fully saturated rings. The predicted octanol–water partition coefficient (Wildman–Crippen LogP) is 1.84. The number of aromatic nitrogens is 2. The minimum atomic E-state index is -1.32. The van der Waals surface area contributed by atoms with Crippen LogP contribution in [0.5, 0.6) is 0 Å². The largest absolute Gasteiger partial charge is 0.477 e. The number of benzene rings is 1. The molecule has 0 atom stereocenters. The van der Waals surface area contributed by atoms with Crippen molar-refractivity contribution in [2.75, 3.05) is 37.6 Å². The number of nitrogens with zero attached hydrogens (tertiary/aromatic N) is 5. The minimum Gasteiger partial charge on any atom is -0.477 e. The highest BCUT2D eigenvalue weighted by Gasteiger charge is 2.28. The van der Waals surface area contributed by atoms with E-state index in [2.05, 4.69) is 15.5 Å². The zero-order valence-electron chi connectivity index (χ0n) is 19.4. The van der Waals surface area contributed by atoms with Crippen LogP contribution >= 0.6 is 0 Å². The predicted molar refractivity (Wildman–Crippen MR) is 132 cm³/mol. The molecule has 2 N–H and O–H groups in total. The third kappa shape index (κ3) is 4.96. The van der Waals surface area contributed by atoms with Gasteiger partial charge >= 0.3 is 5.97 Å². The Balaban J connectivity index is 1.26. The van der Waals surface area contributed by atoms with Crippen LogP contribution in [0, 0.1) is 5.82 Å². The first kappa shape index (κ1) is 23.6. The van der Waals surface area contributed by atoms with Gasteiger partial charge < -0.3 is 14.6 Å². The Kier molecular flexibility index (Phi) is 6.47. The highest BCUT2D eigenvalue weighted by atomic mass is 19.1. The molecule has 0 spiro atoms. The molecule has 0 bridgehead atoms. The first-order valence-electron chi connectivity index (χ1n) is 11.7. The van der Waals surface area contributed by atoms with Crippen LogP contribution in [0.2, 0.25) is 0 Å². The number of pyridine rings is 2. The lowest BCUT2D eigenvalue weighted by molar-refractivity contribution is -0.122. The quantitative estimate of drug-likeness (QED) is 0.381. The Morgan fingerprint density at radius 2 is 2.00 bits per heavy atom. The Morgan fingerprint density at radius 3 is 2.67 bits per heavy atom. The first-order chi connectivity index (χ1) is 17.4. The van der Waals surface area contributed by atoms with Crippen molar-refractivity contribution < 1.29 is 19.1 Å². The first-order valence-corrected chi connectivity index (χ1v) is 11.7. The minimum absolute atomic E-state index is 0.0743. The summed E-state index contributed by atoms with van der Waals surface area (Å²) >= 11 is 0. The molecule has 1 saturated heterocycles. The number of rotatable bonds is 7. The summed E-state index contributed by atoms with van der Waals surface area (Å²) in [5.41, 5.74) is 3.15. The molecule has 2 aromatic heterocycles. The van der Waals surface area contributed by atoms with E-state index in [1.807, 2.05) is 15.9 Å². The fourth-order valence-electron chi connectivity index (χ4n) is 4.42. The number of amides is 1. The maximum absolute atomic E-state index is 15.1. The fraction of sp³-hybridized carbons (Fsp3) is 0.320. The average Bonchev–Trinajstić information content (AvgIpc) is 3.71. The standard InChI is InChI=1S/C25H25FN6O4/c26-20-10-18-21(32(17-3-4-17)14-19(24(18)34)25(35)36)11-22(20)31-8-6-30(7-9-31)15-23(33)29-28-13-16-2-1-5-27-12-16/h1-2,5,10-14,17H,3-4,6-9,15H2,(H,29,33)(H,35,36)/b28-13+. The summed E-state index contributed by atoms with van der Waals surface area (Å²) in [4.78, 5) is 44.3. The van der Waals surface area contributed by atoms with Gasteiger partial charge in [-0.3, -0.25) is 19.5 Å². The summed E-state index contributed by atoms with van der Waals surface area (Å²) in [7, 11) is 0. The van der Waals surface area contributed by atoms with E-state index in [-0.39, 0.29) is 29.4 Å². The second-order valence-electron chi connectivity index (χ2n) is 8.98. The molecule has 1 amide bonds. The number of nitrogens with one attached hydrogen (secondary N) is 1. The number of fused-ring (bicyclic) bond motifs is 1. The van der Waals surface area contributed by atoms with Crippen LogP contribution in [0.3, 0.4) is 0 Å². The number of hydrogen-bond acceptors (Lipinski definition) is 7. The number of hydrazone groups is 1. The second-order valence-corrected chi connectivity index (χ2v) is 8.98. The van der Waals surface area contributed by atoms with E-state index < -0.39 is 17.2 Å². The molecule has 1 aromatic carbocycles. The van der Waals surface area contributed by atoms with Crippen LogP contribution in [0.1, 0.15) is 34.8 Å². The molecule has 0 unspecified atom stereocenters. The van der Waals surface area contributed by atoms with Gasteiger partial charge in [-0.25, -0.2) is 14.6 Å². The monoisotopic (exact) mass is 492 g/mol. The van der Waals surface area contributed by atoms with Gasteiger partial charge in [0.2, 0.25) is 5.43 Å². The van der Waals surface area contributed by atoms with Gasteiger partial charge in [-0.1, -0.05) is 6.07 Å². The molecule has 1 saturated carbocycles. The summed E-state index contributed by atoms with van der Waals surface area (Å²) in [5.74, 6) is -2.13. The Labute approximate surface area is 205 Å². The van der Waals surface area contributed by atoms with E-state index in [0.29, 0.717) is 37.4 Å². The van der Waals surface area contributed by atoms with Crippen molar-refractivity contribution in [1.29, 1.82) is 0 Å². The number of carbonyl (C=O) groups is 2. The number of anilines is 1. The molecular formula is C25H25FN6O4. The number of aromatic carboxylic acids is 1. The van der Waals surface area contributed by atoms with Crippen LogP contribution in [-0.2, 0) is 4.79 Å². The lowest BCUT2D eigenvalue weighted by Gasteiger charge is -2.36. The van der Waals surface area contributed by atoms with Gasteiger partial charge in [0, 0.05) is 61.8 Å². The normalized spacial score (nSPS) is 16.5. The third-order valence-corrected chi connectivity index (χ3v) is 6.44. The van der Waals surface area contributed by atoms with E-state index in [4.69, 9.17) is 0 Å². The van der Waals surface area contributed by atoms with E-state index in [1.54, 1.807) is 29.1 Å². The summed E-state index contributed by atoms with van der Waals surface area (Å²) in [6, 6.07) is 6.51. The SMILES string of the molecule is O=C(CN1CCN(c2cc3c(cc2F)c(=O)c(C(=O)O)cn3C2CC2)CC1)N/N=C/c1cccnc1. The molecule has 11 heteroatoms. The van der Waals surface area contributed by atoms with Gasteiger partial charge in [0.1, 0.15) is 11.4 Å². The zero-order chi connectivity index (χ0) is 25.2. The Morgan fingerprint density at radius 1 is 1.22 bits per heavy atom. The topological polar surface area (TPSA) is 120 Å². The number of halogens is 1. The van der Waals surface area contributed by atoms with Crippen LogP contribution in [-0.4, -0.2) is 70.4 Å². The van der Waals surface area contributed by atoms with Crippen LogP contribution in [0.15, 0.2) is 52.8 Å². The lowest BCUT2D eigenvalue weighted by atomic mass is 10.1. The summed E-state index contributed by atoms with van der Waals surface area (Å²) in [6.45, 7) is 2.25. The molecule has 1 aliphatic heterocycles. The molecule has 36 heavy (non-hydrogen) atoms. The van der Waals surface area contributed by atoms with E-state index in [0.717, 1.165) is 24.5 Å². The zero-order valence-corrected chi connectivity index (χ0v) is 19.4. The highest BCUT2D eigenvalue weighted by Crippen LogP contribution is 2.38. The van der Waals surface area contributed by atoms with Gasteiger partial charge in [-0.05, 0) is 31.0 Å². The van der Waals surface area contributed by atoms with Gasteiger partial charge in [0.25, 0.3) is 5.91 Å². The molecular weight excluding hydrogens is 467 g/mol. The maximum Gasteiger partial charge on any atom is 0.341 e. The van der Waals surface area contributed by atoms with Crippen LogP contribution in [0.25, 0.3) is 10.9 Å². The Bertz CT molecular complexity index is 1400. The van der Waals surface area contributed by atoms with Crippen molar-refractivity contribution >= 4 is 34.7 Å². The van der Waals surface area contributed by atoms with Crippen molar-refractivity contribution in [3.05, 3.63) is 70.0 Å². The van der Waals surface area contributed by atoms with Crippen molar-refractivity contribution in [2.24, 2.45) is 5.10 Å². The van der Waals surface area contributed by atoms with Gasteiger partial charge in [0.15, 0.2) is 0 Å². The average molecular weight is 493 g/mol. The second kappa shape index (κ2) is 9.86. The molecule has 0 radical (unpaired) electrons. The van der Waals surface area contributed by atoms with Crippen molar-refractivity contribution in [3.63, 3.8) is 0 Å². The van der Waals surface area contributed by atoms with Crippen molar-refractivity contribution in [3.8, 4) is 0 Å². The molecule has 10 nitrogen and oxygen atoms in total. The van der Waals surface area contributed by atoms with Crippen molar-refractivity contribution in [1.82, 2.24) is 19.9 Å². The fourth-order valence-corrected chi connectivity index (χ4v) is 4.42. The number of piperazine rings is 1.